The Morgan fingerprint density at radius 3 is 2.88 bits per heavy atom. The molecular weight excluding hydrogens is 273 g/mol. The summed E-state index contributed by atoms with van der Waals surface area (Å²) in [7, 11) is 0. The quantitative estimate of drug-likeness (QED) is 0.890. The van der Waals surface area contributed by atoms with Crippen LogP contribution in [0.2, 0.25) is 0 Å². The first-order valence-electron chi connectivity index (χ1n) is 4.91. The molecule has 0 spiro atoms. The number of hydrogen-bond acceptors (Lipinski definition) is 2. The van der Waals surface area contributed by atoms with E-state index in [1.807, 2.05) is 6.92 Å². The first-order chi connectivity index (χ1) is 7.63. The van der Waals surface area contributed by atoms with Gasteiger partial charge in [0.25, 0.3) is 0 Å². The first kappa shape index (κ1) is 11.1. The van der Waals surface area contributed by atoms with Gasteiger partial charge in [-0.15, -0.1) is 0 Å². The standard InChI is InChI=1S/C11H11BrFN3/c1-2-7-10(15-16-11(7)14)8-4-3-6(12)5-9(8)13/h3-5H,2H2,1H3,(H3,14,15,16). The molecule has 5 heteroatoms. The van der Waals surface area contributed by atoms with Gasteiger partial charge < -0.3 is 5.73 Å². The highest BCUT2D eigenvalue weighted by Crippen LogP contribution is 2.29. The van der Waals surface area contributed by atoms with Crippen molar-refractivity contribution in [3.05, 3.63) is 34.1 Å². The van der Waals surface area contributed by atoms with Crippen molar-refractivity contribution in [3.63, 3.8) is 0 Å². The number of aromatic nitrogens is 2. The largest absolute Gasteiger partial charge is 0.382 e. The van der Waals surface area contributed by atoms with Gasteiger partial charge in [-0.2, -0.15) is 5.10 Å². The number of benzene rings is 1. The van der Waals surface area contributed by atoms with Crippen molar-refractivity contribution in [2.24, 2.45) is 0 Å². The van der Waals surface area contributed by atoms with Crippen LogP contribution in [0.1, 0.15) is 12.5 Å². The first-order valence-corrected chi connectivity index (χ1v) is 5.71. The zero-order valence-corrected chi connectivity index (χ0v) is 10.3. The molecule has 84 valence electrons. The maximum atomic E-state index is 13.7. The van der Waals surface area contributed by atoms with Crippen molar-refractivity contribution in [1.29, 1.82) is 0 Å². The van der Waals surface area contributed by atoms with Crippen LogP contribution >= 0.6 is 15.9 Å². The van der Waals surface area contributed by atoms with Crippen LogP contribution in [0.3, 0.4) is 0 Å². The number of aromatic amines is 1. The third kappa shape index (κ3) is 1.82. The Balaban J connectivity index is 2.58. The molecule has 0 aliphatic rings. The Morgan fingerprint density at radius 2 is 2.25 bits per heavy atom. The average Bonchev–Trinajstić information content (AvgIpc) is 2.59. The lowest BCUT2D eigenvalue weighted by Gasteiger charge is -2.03. The fourth-order valence-corrected chi connectivity index (χ4v) is 1.99. The number of nitrogen functional groups attached to an aromatic ring is 1. The lowest BCUT2D eigenvalue weighted by molar-refractivity contribution is 0.629. The molecule has 16 heavy (non-hydrogen) atoms. The Hall–Kier alpha value is -1.36. The summed E-state index contributed by atoms with van der Waals surface area (Å²) < 4.78 is 14.5. The Labute approximate surface area is 101 Å². The summed E-state index contributed by atoms with van der Waals surface area (Å²) in [4.78, 5) is 0. The van der Waals surface area contributed by atoms with Crippen molar-refractivity contribution in [1.82, 2.24) is 10.2 Å². The molecule has 0 amide bonds. The number of rotatable bonds is 2. The molecule has 0 atom stereocenters. The molecule has 0 unspecified atom stereocenters. The molecular formula is C11H11BrFN3. The monoisotopic (exact) mass is 283 g/mol. The van der Waals surface area contributed by atoms with Crippen molar-refractivity contribution in [2.45, 2.75) is 13.3 Å². The molecule has 0 radical (unpaired) electrons. The number of nitrogens with two attached hydrogens (primary N) is 1. The molecule has 1 aromatic carbocycles. The van der Waals surface area contributed by atoms with E-state index in [9.17, 15) is 4.39 Å². The maximum absolute atomic E-state index is 13.7. The lowest BCUT2D eigenvalue weighted by atomic mass is 10.1. The molecule has 2 rings (SSSR count). The molecule has 2 aromatic rings. The fraction of sp³-hybridized carbons (Fsp3) is 0.182. The van der Waals surface area contributed by atoms with E-state index in [1.54, 1.807) is 12.1 Å². The minimum absolute atomic E-state index is 0.298. The molecule has 0 aliphatic carbocycles. The van der Waals surface area contributed by atoms with E-state index in [2.05, 4.69) is 26.1 Å². The molecule has 0 saturated carbocycles. The van der Waals surface area contributed by atoms with Crippen molar-refractivity contribution in [3.8, 4) is 11.3 Å². The molecule has 0 aliphatic heterocycles. The van der Waals surface area contributed by atoms with E-state index in [0.717, 1.165) is 5.56 Å². The Kier molecular flexibility index (Phi) is 2.96. The van der Waals surface area contributed by atoms with Gasteiger partial charge in [-0.1, -0.05) is 22.9 Å². The maximum Gasteiger partial charge on any atom is 0.149 e. The number of nitrogens with one attached hydrogen (secondary N) is 1. The van der Waals surface area contributed by atoms with Crippen LogP contribution in [-0.2, 0) is 6.42 Å². The van der Waals surface area contributed by atoms with Gasteiger partial charge in [-0.05, 0) is 24.6 Å². The van der Waals surface area contributed by atoms with Crippen molar-refractivity contribution in [2.75, 3.05) is 5.73 Å². The highest BCUT2D eigenvalue weighted by atomic mass is 79.9. The highest BCUT2D eigenvalue weighted by Gasteiger charge is 2.14. The highest BCUT2D eigenvalue weighted by molar-refractivity contribution is 9.10. The van der Waals surface area contributed by atoms with Crippen LogP contribution in [0.5, 0.6) is 0 Å². The zero-order chi connectivity index (χ0) is 11.7. The number of nitrogens with zero attached hydrogens (tertiary/aromatic N) is 1. The van der Waals surface area contributed by atoms with Crippen LogP contribution in [0, 0.1) is 5.82 Å². The summed E-state index contributed by atoms with van der Waals surface area (Å²) in [6.45, 7) is 1.96. The normalized spacial score (nSPS) is 10.7. The van der Waals surface area contributed by atoms with Crippen LogP contribution in [0.25, 0.3) is 11.3 Å². The summed E-state index contributed by atoms with van der Waals surface area (Å²) in [5.41, 5.74) is 7.69. The summed E-state index contributed by atoms with van der Waals surface area (Å²) in [5, 5.41) is 6.67. The summed E-state index contributed by atoms with van der Waals surface area (Å²) in [6, 6.07) is 4.91. The second-order valence-electron chi connectivity index (χ2n) is 3.44. The molecule has 3 nitrogen and oxygen atoms in total. The topological polar surface area (TPSA) is 54.7 Å². The van der Waals surface area contributed by atoms with Crippen molar-refractivity contribution >= 4 is 21.7 Å². The summed E-state index contributed by atoms with van der Waals surface area (Å²) in [6.07, 6.45) is 0.715. The zero-order valence-electron chi connectivity index (χ0n) is 8.72. The Morgan fingerprint density at radius 1 is 1.50 bits per heavy atom. The smallest absolute Gasteiger partial charge is 0.149 e. The lowest BCUT2D eigenvalue weighted by Crippen LogP contribution is -1.92. The van der Waals surface area contributed by atoms with Crippen LogP contribution in [-0.4, -0.2) is 10.2 Å². The van der Waals surface area contributed by atoms with E-state index in [-0.39, 0.29) is 5.82 Å². The number of H-pyrrole nitrogens is 1. The van der Waals surface area contributed by atoms with Gasteiger partial charge in [0.15, 0.2) is 0 Å². The third-order valence-corrected chi connectivity index (χ3v) is 2.95. The van der Waals surface area contributed by atoms with E-state index in [0.29, 0.717) is 28.0 Å². The van der Waals surface area contributed by atoms with Gasteiger partial charge in [-0.25, -0.2) is 4.39 Å². The van der Waals surface area contributed by atoms with E-state index in [4.69, 9.17) is 5.73 Å². The third-order valence-electron chi connectivity index (χ3n) is 2.45. The van der Waals surface area contributed by atoms with Gasteiger partial charge in [0.2, 0.25) is 0 Å². The second-order valence-corrected chi connectivity index (χ2v) is 4.36. The van der Waals surface area contributed by atoms with Gasteiger partial charge in [0.05, 0.1) is 5.69 Å². The number of anilines is 1. The van der Waals surface area contributed by atoms with E-state index in [1.165, 1.54) is 6.07 Å². The van der Waals surface area contributed by atoms with E-state index >= 15 is 0 Å². The predicted molar refractivity (Wildman–Crippen MR) is 65.5 cm³/mol. The molecule has 0 fully saturated rings. The van der Waals surface area contributed by atoms with Gasteiger partial charge in [0.1, 0.15) is 11.6 Å². The number of halogens is 2. The van der Waals surface area contributed by atoms with Crippen LogP contribution in [0.15, 0.2) is 22.7 Å². The molecule has 3 N–H and O–H groups in total. The molecule has 0 saturated heterocycles. The van der Waals surface area contributed by atoms with Gasteiger partial charge in [-0.3, -0.25) is 5.10 Å². The summed E-state index contributed by atoms with van der Waals surface area (Å²) >= 11 is 3.22. The van der Waals surface area contributed by atoms with E-state index < -0.39 is 0 Å². The molecule has 1 aromatic heterocycles. The van der Waals surface area contributed by atoms with Crippen molar-refractivity contribution < 1.29 is 4.39 Å². The minimum Gasteiger partial charge on any atom is -0.382 e. The molecule has 0 bridgehead atoms. The van der Waals surface area contributed by atoms with Gasteiger partial charge in [0, 0.05) is 15.6 Å². The van der Waals surface area contributed by atoms with Crippen LogP contribution < -0.4 is 5.73 Å². The van der Waals surface area contributed by atoms with Gasteiger partial charge >= 0.3 is 0 Å². The SMILES string of the molecule is CCc1c(N)n[nH]c1-c1ccc(Br)cc1F. The Bertz CT molecular complexity index is 522. The molecule has 1 heterocycles. The number of hydrogen-bond donors (Lipinski definition) is 2. The van der Waals surface area contributed by atoms with Crippen LogP contribution in [0.4, 0.5) is 10.2 Å². The predicted octanol–water partition coefficient (Wildman–Crippen LogP) is 3.12. The average molecular weight is 284 g/mol. The summed E-state index contributed by atoms with van der Waals surface area (Å²) in [5.74, 6) is 0.132. The minimum atomic E-state index is -0.298. The second kappa shape index (κ2) is 4.25. The fourth-order valence-electron chi connectivity index (χ4n) is 1.65.